The molecule has 1 amide bonds. The van der Waals surface area contributed by atoms with Gasteiger partial charge in [-0.15, -0.1) is 0 Å². The van der Waals surface area contributed by atoms with Crippen LogP contribution in [0.25, 0.3) is 0 Å². The Balaban J connectivity index is 2.12. The molecule has 6 heteroatoms. The van der Waals surface area contributed by atoms with E-state index in [1.165, 1.54) is 0 Å². The van der Waals surface area contributed by atoms with Gasteiger partial charge in [-0.1, -0.05) is 0 Å². The van der Waals surface area contributed by atoms with Gasteiger partial charge in [0.05, 0.1) is 18.8 Å². The maximum Gasteiger partial charge on any atom is 0.255 e. The number of benzene rings is 1. The zero-order chi connectivity index (χ0) is 17.4. The van der Waals surface area contributed by atoms with Crippen molar-refractivity contribution in [1.82, 2.24) is 10.3 Å². The number of carbonyl (C=O) groups excluding carboxylic acids is 1. The summed E-state index contributed by atoms with van der Waals surface area (Å²) in [7, 11) is 1.60. The Bertz CT molecular complexity index is 659. The number of hydrogen-bond donors (Lipinski definition) is 2. The number of amides is 1. The highest BCUT2D eigenvalue weighted by Gasteiger charge is 2.14. The van der Waals surface area contributed by atoms with E-state index in [1.54, 1.807) is 25.4 Å². The Hall–Kier alpha value is -2.60. The summed E-state index contributed by atoms with van der Waals surface area (Å²) in [4.78, 5) is 16.7. The molecule has 0 saturated heterocycles. The predicted molar refractivity (Wildman–Crippen MR) is 93.9 cm³/mol. The molecular weight excluding hydrogens is 306 g/mol. The molecule has 0 aliphatic heterocycles. The molecular formula is C18H23N3O3. The first-order chi connectivity index (χ1) is 11.6. The van der Waals surface area contributed by atoms with E-state index in [-0.39, 0.29) is 11.9 Å². The second kappa shape index (κ2) is 8.88. The second-order valence-electron chi connectivity index (χ2n) is 5.31. The minimum absolute atomic E-state index is 0.0824. The molecule has 0 spiro atoms. The zero-order valence-electron chi connectivity index (χ0n) is 14.2. The molecule has 1 aromatic carbocycles. The highest BCUT2D eigenvalue weighted by atomic mass is 16.5. The number of hydrogen-bond acceptors (Lipinski definition) is 5. The standard InChI is InChI=1S/C18H23N3O3/c1-4-24-15-9-7-14(8-10-15)21-17-16(6-5-11-19-17)18(22)20-13(2)12-23-3/h5-11,13H,4,12H2,1-3H3,(H,19,21)(H,20,22). The third kappa shape index (κ3) is 4.96. The molecule has 2 rings (SSSR count). The van der Waals surface area contributed by atoms with Gasteiger partial charge in [0.15, 0.2) is 0 Å². The lowest BCUT2D eigenvalue weighted by atomic mass is 10.2. The van der Waals surface area contributed by atoms with Crippen molar-refractivity contribution in [3.8, 4) is 5.75 Å². The van der Waals surface area contributed by atoms with Crippen molar-refractivity contribution in [2.24, 2.45) is 0 Å². The Labute approximate surface area is 142 Å². The molecule has 128 valence electrons. The summed E-state index contributed by atoms with van der Waals surface area (Å²) in [6.07, 6.45) is 1.65. The van der Waals surface area contributed by atoms with Crippen LogP contribution in [0.1, 0.15) is 24.2 Å². The number of pyridine rings is 1. The van der Waals surface area contributed by atoms with E-state index in [0.717, 1.165) is 11.4 Å². The molecule has 2 aromatic rings. The van der Waals surface area contributed by atoms with Gasteiger partial charge in [0.1, 0.15) is 11.6 Å². The van der Waals surface area contributed by atoms with Crippen LogP contribution in [0, 0.1) is 0 Å². The molecule has 0 saturated carbocycles. The number of nitrogens with one attached hydrogen (secondary N) is 2. The molecule has 1 unspecified atom stereocenters. The maximum absolute atomic E-state index is 12.4. The molecule has 0 aliphatic carbocycles. The lowest BCUT2D eigenvalue weighted by Crippen LogP contribution is -2.36. The van der Waals surface area contributed by atoms with Crippen LogP contribution in [0.2, 0.25) is 0 Å². The Morgan fingerprint density at radius 2 is 2.00 bits per heavy atom. The van der Waals surface area contributed by atoms with Crippen LogP contribution in [0.15, 0.2) is 42.6 Å². The van der Waals surface area contributed by atoms with Crippen molar-refractivity contribution in [2.45, 2.75) is 19.9 Å². The number of carbonyl (C=O) groups is 1. The molecule has 0 aliphatic rings. The normalized spacial score (nSPS) is 11.6. The number of anilines is 2. The van der Waals surface area contributed by atoms with Crippen molar-refractivity contribution in [3.63, 3.8) is 0 Å². The minimum Gasteiger partial charge on any atom is -0.494 e. The first-order valence-electron chi connectivity index (χ1n) is 7.88. The third-order valence-corrected chi connectivity index (χ3v) is 3.27. The lowest BCUT2D eigenvalue weighted by Gasteiger charge is -2.15. The van der Waals surface area contributed by atoms with Crippen LogP contribution in [0.3, 0.4) is 0 Å². The van der Waals surface area contributed by atoms with Gasteiger partial charge in [0.25, 0.3) is 5.91 Å². The molecule has 1 atom stereocenters. The minimum atomic E-state index is -0.193. The third-order valence-electron chi connectivity index (χ3n) is 3.27. The predicted octanol–water partition coefficient (Wildman–Crippen LogP) is 2.99. The van der Waals surface area contributed by atoms with Crippen LogP contribution in [0.5, 0.6) is 5.75 Å². The molecule has 24 heavy (non-hydrogen) atoms. The van der Waals surface area contributed by atoms with Crippen LogP contribution < -0.4 is 15.4 Å². The lowest BCUT2D eigenvalue weighted by molar-refractivity contribution is 0.0906. The van der Waals surface area contributed by atoms with Crippen molar-refractivity contribution in [1.29, 1.82) is 0 Å². The SMILES string of the molecule is CCOc1ccc(Nc2ncccc2C(=O)NC(C)COC)cc1. The maximum atomic E-state index is 12.4. The fraction of sp³-hybridized carbons (Fsp3) is 0.333. The van der Waals surface area contributed by atoms with Gasteiger partial charge < -0.3 is 20.1 Å². The summed E-state index contributed by atoms with van der Waals surface area (Å²) in [5, 5.41) is 6.05. The van der Waals surface area contributed by atoms with Crippen molar-refractivity contribution >= 4 is 17.4 Å². The van der Waals surface area contributed by atoms with Gasteiger partial charge in [0, 0.05) is 25.0 Å². The number of aromatic nitrogens is 1. The smallest absolute Gasteiger partial charge is 0.255 e. The monoisotopic (exact) mass is 329 g/mol. The van der Waals surface area contributed by atoms with E-state index in [2.05, 4.69) is 15.6 Å². The summed E-state index contributed by atoms with van der Waals surface area (Å²) in [6, 6.07) is 10.9. The van der Waals surface area contributed by atoms with E-state index in [0.29, 0.717) is 24.6 Å². The van der Waals surface area contributed by atoms with Crippen molar-refractivity contribution in [2.75, 3.05) is 25.6 Å². The highest BCUT2D eigenvalue weighted by Crippen LogP contribution is 2.21. The summed E-state index contributed by atoms with van der Waals surface area (Å²) in [6.45, 7) is 4.90. The van der Waals surface area contributed by atoms with Gasteiger partial charge in [-0.25, -0.2) is 4.98 Å². The summed E-state index contributed by atoms with van der Waals surface area (Å²) in [5.74, 6) is 1.11. The van der Waals surface area contributed by atoms with Gasteiger partial charge in [-0.2, -0.15) is 0 Å². The fourth-order valence-electron chi connectivity index (χ4n) is 2.22. The largest absolute Gasteiger partial charge is 0.494 e. The molecule has 2 N–H and O–H groups in total. The van der Waals surface area contributed by atoms with Gasteiger partial charge >= 0.3 is 0 Å². The number of rotatable bonds is 8. The highest BCUT2D eigenvalue weighted by molar-refractivity contribution is 5.99. The average Bonchev–Trinajstić information content (AvgIpc) is 2.57. The van der Waals surface area contributed by atoms with Gasteiger partial charge in [0.2, 0.25) is 0 Å². The van der Waals surface area contributed by atoms with Crippen LogP contribution >= 0.6 is 0 Å². The van der Waals surface area contributed by atoms with E-state index >= 15 is 0 Å². The van der Waals surface area contributed by atoms with Crippen LogP contribution in [-0.4, -0.2) is 37.3 Å². The second-order valence-corrected chi connectivity index (χ2v) is 5.31. The summed E-state index contributed by atoms with van der Waals surface area (Å²) < 4.78 is 10.5. The average molecular weight is 329 g/mol. The van der Waals surface area contributed by atoms with Crippen LogP contribution in [-0.2, 0) is 4.74 Å². The van der Waals surface area contributed by atoms with Gasteiger partial charge in [-0.05, 0) is 50.2 Å². The molecule has 1 aromatic heterocycles. The van der Waals surface area contributed by atoms with Crippen molar-refractivity contribution in [3.05, 3.63) is 48.2 Å². The molecule has 0 radical (unpaired) electrons. The Morgan fingerprint density at radius 3 is 2.67 bits per heavy atom. The van der Waals surface area contributed by atoms with Crippen LogP contribution in [0.4, 0.5) is 11.5 Å². The zero-order valence-corrected chi connectivity index (χ0v) is 14.2. The van der Waals surface area contributed by atoms with E-state index < -0.39 is 0 Å². The number of methoxy groups -OCH3 is 1. The molecule has 6 nitrogen and oxygen atoms in total. The summed E-state index contributed by atoms with van der Waals surface area (Å²) in [5.41, 5.74) is 1.31. The first-order valence-corrected chi connectivity index (χ1v) is 7.88. The van der Waals surface area contributed by atoms with E-state index in [4.69, 9.17) is 9.47 Å². The van der Waals surface area contributed by atoms with Gasteiger partial charge in [-0.3, -0.25) is 4.79 Å². The van der Waals surface area contributed by atoms with E-state index in [1.807, 2.05) is 38.1 Å². The Kier molecular flexibility index (Phi) is 6.57. The molecule has 0 fully saturated rings. The molecule has 0 bridgehead atoms. The number of nitrogens with zero attached hydrogens (tertiary/aromatic N) is 1. The van der Waals surface area contributed by atoms with E-state index in [9.17, 15) is 4.79 Å². The summed E-state index contributed by atoms with van der Waals surface area (Å²) >= 11 is 0. The van der Waals surface area contributed by atoms with Crippen molar-refractivity contribution < 1.29 is 14.3 Å². The quantitative estimate of drug-likeness (QED) is 0.779. The molecule has 1 heterocycles. The fourth-order valence-corrected chi connectivity index (χ4v) is 2.22. The first kappa shape index (κ1) is 17.7. The number of ether oxygens (including phenoxy) is 2. The Morgan fingerprint density at radius 1 is 1.25 bits per heavy atom. The topological polar surface area (TPSA) is 72.5 Å².